The van der Waals surface area contributed by atoms with Gasteiger partial charge in [-0.15, -0.1) is 0 Å². The number of para-hydroxylation sites is 1. The van der Waals surface area contributed by atoms with Crippen molar-refractivity contribution in [3.63, 3.8) is 0 Å². The van der Waals surface area contributed by atoms with E-state index in [1.165, 1.54) is 0 Å². The first-order valence-corrected chi connectivity index (χ1v) is 9.28. The highest BCUT2D eigenvalue weighted by molar-refractivity contribution is 6.42. The zero-order valence-corrected chi connectivity index (χ0v) is 16.7. The van der Waals surface area contributed by atoms with Gasteiger partial charge in [-0.2, -0.15) is 4.98 Å². The Kier molecular flexibility index (Phi) is 5.82. The van der Waals surface area contributed by atoms with Crippen LogP contribution in [-0.2, 0) is 11.2 Å². The van der Waals surface area contributed by atoms with E-state index in [0.29, 0.717) is 33.0 Å². The smallest absolute Gasteiger partial charge is 0.260 e. The lowest BCUT2D eigenvalue weighted by Gasteiger charge is -2.12. The first kappa shape index (κ1) is 19.4. The minimum atomic E-state index is -0.174. The Hall–Kier alpha value is -2.37. The maximum absolute atomic E-state index is 12.6. The van der Waals surface area contributed by atoms with E-state index < -0.39 is 0 Å². The van der Waals surface area contributed by atoms with Crippen molar-refractivity contribution in [2.45, 2.75) is 33.1 Å². The fourth-order valence-electron chi connectivity index (χ4n) is 2.61. The summed E-state index contributed by atoms with van der Waals surface area (Å²) in [7, 11) is 0. The Morgan fingerprint density at radius 2 is 1.96 bits per heavy atom. The molecular formula is C20H19Cl2N3O2. The number of aromatic nitrogens is 2. The summed E-state index contributed by atoms with van der Waals surface area (Å²) >= 11 is 11.9. The summed E-state index contributed by atoms with van der Waals surface area (Å²) in [5, 5.41) is 7.84. The number of carbonyl (C=O) groups excluding carboxylic acids is 1. The molecule has 2 aromatic carbocycles. The molecule has 0 bridgehead atoms. The molecule has 0 spiro atoms. The van der Waals surface area contributed by atoms with Crippen LogP contribution in [0.5, 0.6) is 0 Å². The number of rotatable bonds is 5. The van der Waals surface area contributed by atoms with Crippen molar-refractivity contribution >= 4 is 34.8 Å². The summed E-state index contributed by atoms with van der Waals surface area (Å²) in [6, 6.07) is 10.8. The van der Waals surface area contributed by atoms with Gasteiger partial charge in [-0.05, 0) is 36.2 Å². The molecule has 0 aliphatic heterocycles. The molecule has 5 nitrogen and oxygen atoms in total. The maximum Gasteiger partial charge on any atom is 0.260 e. The molecule has 0 aliphatic rings. The van der Waals surface area contributed by atoms with Crippen LogP contribution in [0, 0.1) is 6.92 Å². The summed E-state index contributed by atoms with van der Waals surface area (Å²) in [6.45, 7) is 5.90. The normalized spacial score (nSPS) is 11.0. The van der Waals surface area contributed by atoms with Crippen LogP contribution >= 0.6 is 23.2 Å². The molecule has 3 rings (SSSR count). The van der Waals surface area contributed by atoms with Crippen LogP contribution in [0.3, 0.4) is 0 Å². The van der Waals surface area contributed by atoms with Crippen molar-refractivity contribution in [1.29, 1.82) is 0 Å². The summed E-state index contributed by atoms with van der Waals surface area (Å²) in [5.41, 5.74) is 3.02. The number of anilines is 1. The Labute approximate surface area is 167 Å². The van der Waals surface area contributed by atoms with Crippen LogP contribution in [-0.4, -0.2) is 16.0 Å². The molecule has 0 saturated carbocycles. The van der Waals surface area contributed by atoms with Crippen LogP contribution < -0.4 is 5.32 Å². The largest absolute Gasteiger partial charge is 0.334 e. The molecular weight excluding hydrogens is 385 g/mol. The molecule has 0 unspecified atom stereocenters. The van der Waals surface area contributed by atoms with Crippen molar-refractivity contribution in [2.75, 3.05) is 5.32 Å². The van der Waals surface area contributed by atoms with Gasteiger partial charge in [0.2, 0.25) is 5.91 Å². The monoisotopic (exact) mass is 403 g/mol. The average Bonchev–Trinajstić information content (AvgIpc) is 3.10. The van der Waals surface area contributed by atoms with Gasteiger partial charge in [-0.25, -0.2) is 0 Å². The number of hydrogen-bond acceptors (Lipinski definition) is 4. The SMILES string of the molecule is Cc1cccc(-c2nc(C(C)C)no2)c1NC(=O)Cc1ccc(Cl)c(Cl)c1. The van der Waals surface area contributed by atoms with Gasteiger partial charge >= 0.3 is 0 Å². The second-order valence-corrected chi connectivity index (χ2v) is 7.40. The van der Waals surface area contributed by atoms with Crippen molar-refractivity contribution in [1.82, 2.24) is 10.1 Å². The van der Waals surface area contributed by atoms with Gasteiger partial charge in [-0.1, -0.05) is 60.4 Å². The predicted octanol–water partition coefficient (Wildman–Crippen LogP) is 5.66. The van der Waals surface area contributed by atoms with E-state index >= 15 is 0 Å². The molecule has 7 heteroatoms. The highest BCUT2D eigenvalue weighted by Crippen LogP contribution is 2.31. The van der Waals surface area contributed by atoms with Gasteiger partial charge in [0.05, 0.1) is 27.7 Å². The van der Waals surface area contributed by atoms with E-state index in [4.69, 9.17) is 27.7 Å². The molecule has 1 amide bonds. The Balaban J connectivity index is 1.85. The number of benzene rings is 2. The van der Waals surface area contributed by atoms with Gasteiger partial charge in [0.1, 0.15) is 0 Å². The van der Waals surface area contributed by atoms with Crippen molar-refractivity contribution < 1.29 is 9.32 Å². The van der Waals surface area contributed by atoms with Crippen molar-refractivity contribution in [3.05, 3.63) is 63.4 Å². The van der Waals surface area contributed by atoms with Crippen molar-refractivity contribution in [3.8, 4) is 11.5 Å². The molecule has 1 aromatic heterocycles. The fraction of sp³-hybridized carbons (Fsp3) is 0.250. The second kappa shape index (κ2) is 8.11. The van der Waals surface area contributed by atoms with Gasteiger partial charge in [0, 0.05) is 5.92 Å². The van der Waals surface area contributed by atoms with Crippen molar-refractivity contribution in [2.24, 2.45) is 0 Å². The quantitative estimate of drug-likeness (QED) is 0.596. The van der Waals surface area contributed by atoms with Crippen LogP contribution in [0.4, 0.5) is 5.69 Å². The maximum atomic E-state index is 12.6. The first-order chi connectivity index (χ1) is 12.8. The van der Waals surface area contributed by atoms with Gasteiger partial charge < -0.3 is 9.84 Å². The number of carbonyl (C=O) groups is 1. The molecule has 140 valence electrons. The third-order valence-electron chi connectivity index (χ3n) is 4.07. The molecule has 1 N–H and O–H groups in total. The Bertz CT molecular complexity index is 983. The van der Waals surface area contributed by atoms with Crippen LogP contribution in [0.25, 0.3) is 11.5 Å². The lowest BCUT2D eigenvalue weighted by Crippen LogP contribution is -2.16. The van der Waals surface area contributed by atoms with Crippen LogP contribution in [0.1, 0.15) is 36.7 Å². The fourth-order valence-corrected chi connectivity index (χ4v) is 2.93. The Morgan fingerprint density at radius 1 is 1.19 bits per heavy atom. The summed E-state index contributed by atoms with van der Waals surface area (Å²) in [6.07, 6.45) is 0.172. The van der Waals surface area contributed by atoms with Crippen LogP contribution in [0.2, 0.25) is 10.0 Å². The zero-order chi connectivity index (χ0) is 19.6. The minimum absolute atomic E-state index is 0.153. The van der Waals surface area contributed by atoms with Gasteiger partial charge in [-0.3, -0.25) is 4.79 Å². The number of hydrogen-bond donors (Lipinski definition) is 1. The zero-order valence-electron chi connectivity index (χ0n) is 15.2. The van der Waals surface area contributed by atoms with Crippen LogP contribution in [0.15, 0.2) is 40.9 Å². The standard InChI is InChI=1S/C20H19Cl2N3O2/c1-11(2)19-24-20(27-25-19)14-6-4-5-12(3)18(14)23-17(26)10-13-7-8-15(21)16(22)9-13/h4-9,11H,10H2,1-3H3,(H,23,26). The van der Waals surface area contributed by atoms with E-state index in [2.05, 4.69) is 15.5 Å². The summed E-state index contributed by atoms with van der Waals surface area (Å²) < 4.78 is 5.39. The lowest BCUT2D eigenvalue weighted by molar-refractivity contribution is -0.115. The number of amides is 1. The van der Waals surface area contributed by atoms with E-state index in [1.807, 2.05) is 39.0 Å². The van der Waals surface area contributed by atoms with E-state index in [-0.39, 0.29) is 18.2 Å². The molecule has 0 aliphatic carbocycles. The first-order valence-electron chi connectivity index (χ1n) is 8.52. The molecule has 3 aromatic rings. The Morgan fingerprint density at radius 3 is 2.63 bits per heavy atom. The molecule has 0 saturated heterocycles. The number of nitrogens with zero attached hydrogens (tertiary/aromatic N) is 2. The highest BCUT2D eigenvalue weighted by atomic mass is 35.5. The molecule has 0 atom stereocenters. The number of aryl methyl sites for hydroxylation is 1. The molecule has 27 heavy (non-hydrogen) atoms. The molecule has 0 fully saturated rings. The summed E-state index contributed by atoms with van der Waals surface area (Å²) in [4.78, 5) is 17.0. The average molecular weight is 404 g/mol. The number of nitrogens with one attached hydrogen (secondary N) is 1. The lowest BCUT2D eigenvalue weighted by atomic mass is 10.1. The third-order valence-corrected chi connectivity index (χ3v) is 4.81. The van der Waals surface area contributed by atoms with E-state index in [1.54, 1.807) is 18.2 Å². The number of halogens is 2. The summed E-state index contributed by atoms with van der Waals surface area (Å²) in [5.74, 6) is 0.986. The van der Waals surface area contributed by atoms with Gasteiger partial charge in [0.15, 0.2) is 5.82 Å². The molecule has 1 heterocycles. The van der Waals surface area contributed by atoms with Gasteiger partial charge in [0.25, 0.3) is 5.89 Å². The van der Waals surface area contributed by atoms with E-state index in [0.717, 1.165) is 11.1 Å². The second-order valence-electron chi connectivity index (χ2n) is 6.58. The predicted molar refractivity (Wildman–Crippen MR) is 107 cm³/mol. The minimum Gasteiger partial charge on any atom is -0.334 e. The molecule has 0 radical (unpaired) electrons. The highest BCUT2D eigenvalue weighted by Gasteiger charge is 2.18. The third kappa shape index (κ3) is 4.49. The topological polar surface area (TPSA) is 68.0 Å². The van der Waals surface area contributed by atoms with E-state index in [9.17, 15) is 4.79 Å².